The summed E-state index contributed by atoms with van der Waals surface area (Å²) in [4.78, 5) is 24.2. The highest BCUT2D eigenvalue weighted by molar-refractivity contribution is 5.82. The molecule has 1 amide bonds. The number of nitrogens with two attached hydrogens (primary N) is 1. The molecule has 0 aromatic heterocycles. The molecule has 96 valence electrons. The molecule has 0 bridgehead atoms. The molecule has 6 heteroatoms. The number of ether oxygens (including phenoxy) is 1. The summed E-state index contributed by atoms with van der Waals surface area (Å²) in [5, 5.41) is 8.68. The molecule has 0 aromatic rings. The van der Waals surface area contributed by atoms with Gasteiger partial charge in [-0.25, -0.2) is 4.79 Å². The zero-order chi connectivity index (χ0) is 12.6. The standard InChI is InChI=1S/C11H18N2O4/c1-6(12)10(14)13-8-4-2-3-7(8)5-9(13)17-11(15)16/h6-9H,2-5,12H2,1H3,(H,15,16)/t6-,7+,8+,9?/m0/s1. The Labute approximate surface area is 99.7 Å². The van der Waals surface area contributed by atoms with Crippen LogP contribution in [0.4, 0.5) is 4.79 Å². The Hall–Kier alpha value is -1.30. The van der Waals surface area contributed by atoms with Gasteiger partial charge in [-0.15, -0.1) is 0 Å². The first-order valence-electron chi connectivity index (χ1n) is 5.98. The van der Waals surface area contributed by atoms with E-state index in [0.717, 1.165) is 19.3 Å². The molecule has 4 atom stereocenters. The number of carbonyl (C=O) groups excluding carboxylic acids is 1. The number of hydrogen-bond acceptors (Lipinski definition) is 4. The number of carbonyl (C=O) groups is 2. The molecular weight excluding hydrogens is 224 g/mol. The number of hydrogen-bond donors (Lipinski definition) is 2. The summed E-state index contributed by atoms with van der Waals surface area (Å²) < 4.78 is 4.80. The molecule has 0 radical (unpaired) electrons. The Morgan fingerprint density at radius 2 is 2.18 bits per heavy atom. The minimum atomic E-state index is -1.34. The highest BCUT2D eigenvalue weighted by Gasteiger charge is 2.48. The molecule has 2 rings (SSSR count). The van der Waals surface area contributed by atoms with Gasteiger partial charge in [0.25, 0.3) is 0 Å². The van der Waals surface area contributed by atoms with E-state index in [-0.39, 0.29) is 11.9 Å². The fourth-order valence-electron chi connectivity index (χ4n) is 3.01. The van der Waals surface area contributed by atoms with Crippen LogP contribution in [0.5, 0.6) is 0 Å². The third-order valence-corrected chi connectivity index (χ3v) is 3.67. The van der Waals surface area contributed by atoms with Crippen LogP contribution in [0.1, 0.15) is 32.6 Å². The fraction of sp³-hybridized carbons (Fsp3) is 0.818. The average Bonchev–Trinajstić information content (AvgIpc) is 2.75. The van der Waals surface area contributed by atoms with Gasteiger partial charge in [-0.3, -0.25) is 4.79 Å². The molecule has 2 aliphatic rings. The highest BCUT2D eigenvalue weighted by Crippen LogP contribution is 2.41. The fourth-order valence-corrected chi connectivity index (χ4v) is 3.01. The Bertz CT molecular complexity index is 331. The lowest BCUT2D eigenvalue weighted by molar-refractivity contribution is -0.143. The highest BCUT2D eigenvalue weighted by atomic mass is 16.7. The quantitative estimate of drug-likeness (QED) is 0.697. The molecule has 0 spiro atoms. The molecule has 1 unspecified atom stereocenters. The average molecular weight is 242 g/mol. The van der Waals surface area contributed by atoms with Crippen molar-refractivity contribution < 1.29 is 19.4 Å². The van der Waals surface area contributed by atoms with Crippen molar-refractivity contribution in [1.29, 1.82) is 0 Å². The van der Waals surface area contributed by atoms with Gasteiger partial charge >= 0.3 is 6.16 Å². The SMILES string of the molecule is C[C@H](N)C(=O)N1C(OC(=O)O)C[C@H]2CCC[C@H]21. The van der Waals surface area contributed by atoms with Gasteiger partial charge in [-0.2, -0.15) is 0 Å². The maximum atomic E-state index is 12.0. The van der Waals surface area contributed by atoms with E-state index in [1.54, 1.807) is 11.8 Å². The van der Waals surface area contributed by atoms with Crippen molar-refractivity contribution in [2.45, 2.75) is 50.9 Å². The summed E-state index contributed by atoms with van der Waals surface area (Å²) in [6.07, 6.45) is 1.65. The van der Waals surface area contributed by atoms with Crippen molar-refractivity contribution in [2.75, 3.05) is 0 Å². The van der Waals surface area contributed by atoms with E-state index in [9.17, 15) is 9.59 Å². The second-order valence-electron chi connectivity index (χ2n) is 4.87. The predicted molar refractivity (Wildman–Crippen MR) is 59.1 cm³/mol. The van der Waals surface area contributed by atoms with Crippen LogP contribution >= 0.6 is 0 Å². The van der Waals surface area contributed by atoms with Crippen LogP contribution in [-0.2, 0) is 9.53 Å². The van der Waals surface area contributed by atoms with Crippen molar-refractivity contribution in [3.63, 3.8) is 0 Å². The van der Waals surface area contributed by atoms with Crippen LogP contribution in [0.3, 0.4) is 0 Å². The smallest absolute Gasteiger partial charge is 0.450 e. The van der Waals surface area contributed by atoms with Crippen molar-refractivity contribution in [3.8, 4) is 0 Å². The monoisotopic (exact) mass is 242 g/mol. The molecule has 6 nitrogen and oxygen atoms in total. The summed E-state index contributed by atoms with van der Waals surface area (Å²) in [6.45, 7) is 1.61. The van der Waals surface area contributed by atoms with Gasteiger partial charge < -0.3 is 20.5 Å². The molecule has 1 saturated heterocycles. The molecule has 17 heavy (non-hydrogen) atoms. The topological polar surface area (TPSA) is 92.9 Å². The van der Waals surface area contributed by atoms with Gasteiger partial charge in [0, 0.05) is 12.5 Å². The van der Waals surface area contributed by atoms with E-state index >= 15 is 0 Å². The molecule has 1 heterocycles. The van der Waals surface area contributed by atoms with Crippen LogP contribution in [0.15, 0.2) is 0 Å². The lowest BCUT2D eigenvalue weighted by atomic mass is 10.0. The molecule has 1 saturated carbocycles. The molecular formula is C11H18N2O4. The molecule has 2 fully saturated rings. The van der Waals surface area contributed by atoms with E-state index in [4.69, 9.17) is 15.6 Å². The second kappa shape index (κ2) is 4.52. The van der Waals surface area contributed by atoms with Gasteiger partial charge in [0.1, 0.15) is 0 Å². The summed E-state index contributed by atoms with van der Waals surface area (Å²) >= 11 is 0. The van der Waals surface area contributed by atoms with Crippen LogP contribution < -0.4 is 5.73 Å². The lowest BCUT2D eigenvalue weighted by Crippen LogP contribution is -2.49. The number of fused-ring (bicyclic) bond motifs is 1. The van der Waals surface area contributed by atoms with E-state index < -0.39 is 18.4 Å². The molecule has 1 aliphatic carbocycles. The summed E-state index contributed by atoms with van der Waals surface area (Å²) in [7, 11) is 0. The third kappa shape index (κ3) is 2.22. The number of amides is 1. The molecule has 0 aromatic carbocycles. The largest absolute Gasteiger partial charge is 0.507 e. The lowest BCUT2D eigenvalue weighted by Gasteiger charge is -2.29. The Morgan fingerprint density at radius 1 is 1.47 bits per heavy atom. The minimum Gasteiger partial charge on any atom is -0.450 e. The normalized spacial score (nSPS) is 33.3. The van der Waals surface area contributed by atoms with Gasteiger partial charge in [0.15, 0.2) is 6.23 Å². The van der Waals surface area contributed by atoms with Crippen LogP contribution in [0.2, 0.25) is 0 Å². The summed E-state index contributed by atoms with van der Waals surface area (Å²) in [5.41, 5.74) is 5.60. The van der Waals surface area contributed by atoms with E-state index in [1.807, 2.05) is 0 Å². The van der Waals surface area contributed by atoms with Crippen molar-refractivity contribution in [3.05, 3.63) is 0 Å². The molecule has 1 aliphatic heterocycles. The minimum absolute atomic E-state index is 0.109. The van der Waals surface area contributed by atoms with Crippen molar-refractivity contribution in [1.82, 2.24) is 4.90 Å². The Morgan fingerprint density at radius 3 is 2.76 bits per heavy atom. The first kappa shape index (κ1) is 12.2. The van der Waals surface area contributed by atoms with E-state index in [1.165, 1.54) is 0 Å². The van der Waals surface area contributed by atoms with E-state index in [2.05, 4.69) is 0 Å². The van der Waals surface area contributed by atoms with Gasteiger partial charge in [-0.1, -0.05) is 6.42 Å². The maximum absolute atomic E-state index is 12.0. The predicted octanol–water partition coefficient (Wildman–Crippen LogP) is 0.755. The van der Waals surface area contributed by atoms with Crippen molar-refractivity contribution >= 4 is 12.1 Å². The Kier molecular flexibility index (Phi) is 3.24. The van der Waals surface area contributed by atoms with Crippen LogP contribution in [0.25, 0.3) is 0 Å². The first-order valence-corrected chi connectivity index (χ1v) is 5.98. The summed E-state index contributed by atoms with van der Waals surface area (Å²) in [6, 6.07) is -0.507. The first-order chi connectivity index (χ1) is 8.00. The number of carboxylic acid groups (broad SMARTS) is 1. The van der Waals surface area contributed by atoms with Crippen LogP contribution in [-0.4, -0.2) is 40.4 Å². The van der Waals surface area contributed by atoms with Gasteiger partial charge in [-0.05, 0) is 25.7 Å². The van der Waals surface area contributed by atoms with E-state index in [0.29, 0.717) is 12.3 Å². The number of likely N-dealkylation sites (tertiary alicyclic amines) is 1. The second-order valence-corrected chi connectivity index (χ2v) is 4.87. The van der Waals surface area contributed by atoms with Crippen LogP contribution in [0, 0.1) is 5.92 Å². The van der Waals surface area contributed by atoms with Gasteiger partial charge in [0.05, 0.1) is 6.04 Å². The van der Waals surface area contributed by atoms with Crippen molar-refractivity contribution in [2.24, 2.45) is 11.7 Å². The summed E-state index contributed by atoms with van der Waals surface area (Å²) in [5.74, 6) is 0.146. The van der Waals surface area contributed by atoms with Gasteiger partial charge in [0.2, 0.25) is 5.91 Å². The zero-order valence-corrected chi connectivity index (χ0v) is 9.83. The maximum Gasteiger partial charge on any atom is 0.507 e. The molecule has 3 N–H and O–H groups in total. The number of nitrogens with zero attached hydrogens (tertiary/aromatic N) is 1. The third-order valence-electron chi connectivity index (χ3n) is 3.67. The number of rotatable bonds is 2. The Balaban J connectivity index is 2.15. The zero-order valence-electron chi connectivity index (χ0n) is 9.83.